The summed E-state index contributed by atoms with van der Waals surface area (Å²) < 4.78 is 23.5. The molecule has 0 saturated heterocycles. The minimum Gasteiger partial charge on any atom is -0.300 e. The number of rotatable bonds is 14. The van der Waals surface area contributed by atoms with E-state index in [4.69, 9.17) is 4.52 Å². The number of hydrogen-bond donors (Lipinski definition) is 0. The zero-order valence-electron chi connectivity index (χ0n) is 13.9. The highest BCUT2D eigenvalue weighted by atomic mass is 79.9. The van der Waals surface area contributed by atoms with Gasteiger partial charge >= 0.3 is 12.7 Å². The number of halogens is 4. The Kier molecular flexibility index (Phi) is 12.9. The molecule has 26 heavy (non-hydrogen) atoms. The molecule has 0 spiro atoms. The van der Waals surface area contributed by atoms with E-state index < -0.39 is 12.6 Å². The van der Waals surface area contributed by atoms with Crippen molar-refractivity contribution in [3.05, 3.63) is 27.1 Å². The van der Waals surface area contributed by atoms with Gasteiger partial charge in [-0.2, -0.15) is 0 Å². The number of nitrogens with zero attached hydrogens (tertiary/aromatic N) is 3. The average Bonchev–Trinajstić information content (AvgIpc) is 3.09. The van der Waals surface area contributed by atoms with Gasteiger partial charge in [0.15, 0.2) is 0 Å². The summed E-state index contributed by atoms with van der Waals surface area (Å²) in [6.45, 7) is 2.32. The van der Waals surface area contributed by atoms with Gasteiger partial charge < -0.3 is 4.52 Å². The van der Waals surface area contributed by atoms with E-state index >= 15 is 0 Å². The van der Waals surface area contributed by atoms with Crippen molar-refractivity contribution in [2.75, 3.05) is 47.5 Å². The second kappa shape index (κ2) is 13.4. The highest BCUT2D eigenvalue weighted by Gasteiger charge is 2.38. The number of thiophene rings is 1. The highest BCUT2D eigenvalue weighted by molar-refractivity contribution is 9.09. The molecule has 0 N–H and O–H groups in total. The first-order chi connectivity index (χ1) is 12.4. The molecule has 0 atom stereocenters. The normalized spacial score (nSPS) is 12.2. The first-order valence-corrected chi connectivity index (χ1v) is 14.5. The smallest absolute Gasteiger partial charge is 0.300 e. The van der Waals surface area contributed by atoms with Gasteiger partial charge in [-0.25, -0.2) is 9.34 Å². The lowest BCUT2D eigenvalue weighted by molar-refractivity contribution is -0.380. The molecule has 0 aliphatic carbocycles. The molecule has 0 amide bonds. The molecule has 1 rings (SSSR count). The zero-order chi connectivity index (χ0) is 19.6. The lowest BCUT2D eigenvalue weighted by atomic mass is 10.5. The van der Waals surface area contributed by atoms with Crippen molar-refractivity contribution in [2.45, 2.75) is 6.61 Å². The summed E-state index contributed by atoms with van der Waals surface area (Å²) in [6, 6.07) is 3.09. The predicted molar refractivity (Wildman–Crippen MR) is 122 cm³/mol. The molecule has 0 saturated carbocycles. The standard InChI is InChI=1S/C13H20Br4N3O4PS/c14-3-7-18(8-4-15)25(23,19(9-5-16)10-6-17)24-11-12-1-2-13(26-12)20(21)22/h1-2H,3-11H2. The van der Waals surface area contributed by atoms with Crippen LogP contribution in [0.3, 0.4) is 0 Å². The largest absolute Gasteiger partial charge is 0.346 e. The maximum absolute atomic E-state index is 13.9. The van der Waals surface area contributed by atoms with Crippen molar-refractivity contribution in [3.8, 4) is 0 Å². The van der Waals surface area contributed by atoms with Crippen LogP contribution in [0.4, 0.5) is 5.00 Å². The summed E-state index contributed by atoms with van der Waals surface area (Å²) in [4.78, 5) is 11.1. The number of hydrogen-bond acceptors (Lipinski definition) is 5. The van der Waals surface area contributed by atoms with E-state index in [-0.39, 0.29) is 11.6 Å². The summed E-state index contributed by atoms with van der Waals surface area (Å²) >= 11 is 14.7. The van der Waals surface area contributed by atoms with Crippen molar-refractivity contribution in [2.24, 2.45) is 0 Å². The zero-order valence-corrected chi connectivity index (χ0v) is 21.9. The Morgan fingerprint density at radius 2 is 1.46 bits per heavy atom. The maximum Gasteiger partial charge on any atom is 0.346 e. The fourth-order valence-electron chi connectivity index (χ4n) is 2.15. The fraction of sp³-hybridized carbons (Fsp3) is 0.692. The van der Waals surface area contributed by atoms with Gasteiger partial charge in [0.2, 0.25) is 0 Å². The molecule has 0 radical (unpaired) electrons. The third kappa shape index (κ3) is 7.51. The Balaban J connectivity index is 3.06. The molecule has 0 bridgehead atoms. The van der Waals surface area contributed by atoms with Gasteiger partial charge in [-0.15, -0.1) is 0 Å². The minimum atomic E-state index is -3.30. The predicted octanol–water partition coefficient (Wildman–Crippen LogP) is 5.46. The molecule has 0 aliphatic heterocycles. The van der Waals surface area contributed by atoms with E-state index in [2.05, 4.69) is 63.7 Å². The van der Waals surface area contributed by atoms with Crippen molar-refractivity contribution in [1.82, 2.24) is 9.34 Å². The van der Waals surface area contributed by atoms with E-state index in [0.717, 1.165) is 11.3 Å². The van der Waals surface area contributed by atoms with Gasteiger partial charge in [0.05, 0.1) is 11.5 Å². The van der Waals surface area contributed by atoms with Gasteiger partial charge in [0.25, 0.3) is 0 Å². The lowest BCUT2D eigenvalue weighted by Gasteiger charge is -2.37. The van der Waals surface area contributed by atoms with Crippen LogP contribution in [-0.4, -0.2) is 61.8 Å². The summed E-state index contributed by atoms with van der Waals surface area (Å²) in [5, 5.41) is 13.5. The maximum atomic E-state index is 13.9. The average molecular weight is 665 g/mol. The third-order valence-electron chi connectivity index (χ3n) is 3.29. The topological polar surface area (TPSA) is 75.9 Å². The Labute approximate surface area is 191 Å². The van der Waals surface area contributed by atoms with Crippen LogP contribution < -0.4 is 0 Å². The summed E-state index contributed by atoms with van der Waals surface area (Å²) in [6.07, 6.45) is 0. The van der Waals surface area contributed by atoms with Crippen LogP contribution in [0, 0.1) is 10.1 Å². The third-order valence-corrected chi connectivity index (χ3v) is 8.41. The van der Waals surface area contributed by atoms with Crippen LogP contribution in [-0.2, 0) is 15.7 Å². The second-order valence-electron chi connectivity index (χ2n) is 4.92. The van der Waals surface area contributed by atoms with E-state index in [0.29, 0.717) is 52.4 Å². The minimum absolute atomic E-state index is 0.0500. The molecular formula is C13H20Br4N3O4PS. The van der Waals surface area contributed by atoms with Crippen LogP contribution in [0.1, 0.15) is 4.88 Å². The van der Waals surface area contributed by atoms with Gasteiger partial charge in [-0.3, -0.25) is 14.7 Å². The van der Waals surface area contributed by atoms with Crippen LogP contribution >= 0.6 is 82.7 Å². The van der Waals surface area contributed by atoms with Crippen molar-refractivity contribution >= 4 is 87.7 Å². The number of nitro groups is 1. The number of alkyl halides is 4. The quantitative estimate of drug-likeness (QED) is 0.114. The molecule has 0 unspecified atom stereocenters. The Hall–Kier alpha value is 1.13. The SMILES string of the molecule is O=[N+]([O-])c1ccc(COP(=O)(N(CCBr)CCBr)N(CCBr)CCBr)s1. The molecule has 1 heterocycles. The summed E-state index contributed by atoms with van der Waals surface area (Å²) in [5.41, 5.74) is 0. The van der Waals surface area contributed by atoms with Crippen molar-refractivity contribution in [3.63, 3.8) is 0 Å². The Morgan fingerprint density at radius 1 is 1.00 bits per heavy atom. The molecule has 0 aromatic carbocycles. The van der Waals surface area contributed by atoms with Crippen molar-refractivity contribution < 1.29 is 14.0 Å². The van der Waals surface area contributed by atoms with Crippen molar-refractivity contribution in [1.29, 1.82) is 0 Å². The van der Waals surface area contributed by atoms with Crippen LogP contribution in [0.25, 0.3) is 0 Å². The van der Waals surface area contributed by atoms with Crippen LogP contribution in [0.15, 0.2) is 12.1 Å². The molecule has 1 aromatic heterocycles. The van der Waals surface area contributed by atoms with Gasteiger partial charge in [-0.1, -0.05) is 75.1 Å². The summed E-state index contributed by atoms with van der Waals surface area (Å²) in [5.74, 6) is 0. The second-order valence-corrected chi connectivity index (χ2v) is 11.6. The van der Waals surface area contributed by atoms with Crippen LogP contribution in [0.2, 0.25) is 0 Å². The Bertz CT molecular complexity index is 578. The van der Waals surface area contributed by atoms with Gasteiger partial charge in [0, 0.05) is 58.4 Å². The fourth-order valence-corrected chi connectivity index (χ4v) is 8.18. The van der Waals surface area contributed by atoms with E-state index in [1.807, 2.05) is 9.34 Å². The van der Waals surface area contributed by atoms with Crippen LogP contribution in [0.5, 0.6) is 0 Å². The molecule has 13 heteroatoms. The molecule has 1 aromatic rings. The van der Waals surface area contributed by atoms with E-state index in [1.54, 1.807) is 6.07 Å². The lowest BCUT2D eigenvalue weighted by Crippen LogP contribution is -2.37. The first kappa shape index (κ1) is 25.2. The summed E-state index contributed by atoms with van der Waals surface area (Å²) in [7, 11) is -3.30. The molecular weight excluding hydrogens is 645 g/mol. The molecule has 0 aliphatic rings. The van der Waals surface area contributed by atoms with E-state index in [9.17, 15) is 14.7 Å². The van der Waals surface area contributed by atoms with Gasteiger partial charge in [-0.05, 0) is 6.07 Å². The highest BCUT2D eigenvalue weighted by Crippen LogP contribution is 2.55. The molecule has 0 fully saturated rings. The van der Waals surface area contributed by atoms with E-state index in [1.165, 1.54) is 6.07 Å². The first-order valence-electron chi connectivity index (χ1n) is 7.65. The Morgan fingerprint density at radius 3 is 1.81 bits per heavy atom. The van der Waals surface area contributed by atoms with Gasteiger partial charge in [0.1, 0.15) is 0 Å². The monoisotopic (exact) mass is 661 g/mol. The molecule has 7 nitrogen and oxygen atoms in total. The molecule has 150 valence electrons.